The van der Waals surface area contributed by atoms with E-state index in [-0.39, 0.29) is 11.9 Å². The maximum absolute atomic E-state index is 11.4. The van der Waals surface area contributed by atoms with Crippen LogP contribution in [-0.4, -0.2) is 23.0 Å². The number of nitrogens with one attached hydrogen (secondary N) is 1. The average molecular weight is 282 g/mol. The van der Waals surface area contributed by atoms with Gasteiger partial charge in [-0.1, -0.05) is 12.1 Å². The van der Waals surface area contributed by atoms with Crippen LogP contribution in [-0.2, 0) is 4.74 Å². The first-order chi connectivity index (χ1) is 10.1. The van der Waals surface area contributed by atoms with Gasteiger partial charge in [-0.05, 0) is 30.7 Å². The standard InChI is InChI=1S/C15H14N4O2/c1-10(12-5-3-11(9-16)4-6-12)18-13-7-8-17-14(19-13)15(20)21-2/h3-8,10H,1-2H3,(H,17,18,19). The van der Waals surface area contributed by atoms with Crippen molar-refractivity contribution in [3.8, 4) is 6.07 Å². The first kappa shape index (κ1) is 14.5. The minimum absolute atomic E-state index is 0.00882. The Bertz CT molecular complexity index is 677. The Kier molecular flexibility index (Phi) is 4.46. The molecular weight excluding hydrogens is 268 g/mol. The summed E-state index contributed by atoms with van der Waals surface area (Å²) in [6.07, 6.45) is 1.49. The summed E-state index contributed by atoms with van der Waals surface area (Å²) in [5.41, 5.74) is 1.62. The van der Waals surface area contributed by atoms with E-state index in [1.807, 2.05) is 19.1 Å². The van der Waals surface area contributed by atoms with Gasteiger partial charge in [0.05, 0.1) is 18.7 Å². The molecule has 6 nitrogen and oxygen atoms in total. The van der Waals surface area contributed by atoms with Gasteiger partial charge in [0, 0.05) is 12.2 Å². The Morgan fingerprint density at radius 2 is 2.05 bits per heavy atom. The van der Waals surface area contributed by atoms with Crippen molar-refractivity contribution in [2.75, 3.05) is 12.4 Å². The van der Waals surface area contributed by atoms with E-state index in [1.54, 1.807) is 18.2 Å². The van der Waals surface area contributed by atoms with E-state index < -0.39 is 5.97 Å². The molecule has 21 heavy (non-hydrogen) atoms. The molecule has 0 spiro atoms. The number of benzene rings is 1. The predicted octanol–water partition coefficient (Wildman–Crippen LogP) is 2.31. The molecule has 0 bridgehead atoms. The molecule has 0 saturated carbocycles. The van der Waals surface area contributed by atoms with Crippen LogP contribution in [0.3, 0.4) is 0 Å². The molecule has 1 unspecified atom stereocenters. The van der Waals surface area contributed by atoms with E-state index >= 15 is 0 Å². The molecule has 2 rings (SSSR count). The number of hydrogen-bond acceptors (Lipinski definition) is 6. The van der Waals surface area contributed by atoms with Crippen molar-refractivity contribution < 1.29 is 9.53 Å². The molecule has 0 aliphatic carbocycles. The quantitative estimate of drug-likeness (QED) is 0.866. The minimum atomic E-state index is -0.579. The molecule has 1 atom stereocenters. The third-order valence-electron chi connectivity index (χ3n) is 2.93. The summed E-state index contributed by atoms with van der Waals surface area (Å²) in [6.45, 7) is 1.96. The van der Waals surface area contributed by atoms with Crippen molar-refractivity contribution in [2.45, 2.75) is 13.0 Å². The highest BCUT2D eigenvalue weighted by atomic mass is 16.5. The lowest BCUT2D eigenvalue weighted by Crippen LogP contribution is -2.12. The maximum Gasteiger partial charge on any atom is 0.376 e. The zero-order valence-corrected chi connectivity index (χ0v) is 11.7. The van der Waals surface area contributed by atoms with Crippen molar-refractivity contribution >= 4 is 11.8 Å². The highest BCUT2D eigenvalue weighted by Gasteiger charge is 2.11. The summed E-state index contributed by atoms with van der Waals surface area (Å²) < 4.78 is 4.58. The van der Waals surface area contributed by atoms with Gasteiger partial charge in [-0.2, -0.15) is 5.26 Å². The highest BCUT2D eigenvalue weighted by Crippen LogP contribution is 2.18. The smallest absolute Gasteiger partial charge is 0.376 e. The molecule has 1 aromatic heterocycles. The zero-order chi connectivity index (χ0) is 15.2. The minimum Gasteiger partial charge on any atom is -0.463 e. The normalized spacial score (nSPS) is 11.3. The molecule has 1 heterocycles. The molecule has 0 amide bonds. The van der Waals surface area contributed by atoms with Gasteiger partial charge in [0.1, 0.15) is 5.82 Å². The second kappa shape index (κ2) is 6.48. The lowest BCUT2D eigenvalue weighted by atomic mass is 10.1. The van der Waals surface area contributed by atoms with Gasteiger partial charge in [-0.25, -0.2) is 14.8 Å². The number of rotatable bonds is 4. The second-order valence-corrected chi connectivity index (χ2v) is 4.36. The van der Waals surface area contributed by atoms with Crippen molar-refractivity contribution in [1.29, 1.82) is 5.26 Å². The SMILES string of the molecule is COC(=O)c1nccc(NC(C)c2ccc(C#N)cc2)n1. The van der Waals surface area contributed by atoms with E-state index in [4.69, 9.17) is 5.26 Å². The Morgan fingerprint density at radius 3 is 2.67 bits per heavy atom. The van der Waals surface area contributed by atoms with Crippen LogP contribution >= 0.6 is 0 Å². The van der Waals surface area contributed by atoms with Crippen molar-refractivity contribution in [3.05, 3.63) is 53.5 Å². The molecule has 1 aromatic carbocycles. The van der Waals surface area contributed by atoms with Gasteiger partial charge in [-0.3, -0.25) is 0 Å². The van der Waals surface area contributed by atoms with E-state index in [9.17, 15) is 4.79 Å². The number of aromatic nitrogens is 2. The van der Waals surface area contributed by atoms with E-state index in [1.165, 1.54) is 13.3 Å². The van der Waals surface area contributed by atoms with Crippen molar-refractivity contribution in [1.82, 2.24) is 9.97 Å². The topological polar surface area (TPSA) is 87.9 Å². The van der Waals surface area contributed by atoms with Crippen LogP contribution in [0, 0.1) is 11.3 Å². The van der Waals surface area contributed by atoms with Crippen LogP contribution in [0.5, 0.6) is 0 Å². The summed E-state index contributed by atoms with van der Waals surface area (Å²) in [5, 5.41) is 12.0. The molecule has 2 aromatic rings. The molecule has 1 N–H and O–H groups in total. The van der Waals surface area contributed by atoms with Gasteiger partial charge in [0.25, 0.3) is 0 Å². The van der Waals surface area contributed by atoms with Crippen LogP contribution < -0.4 is 5.32 Å². The van der Waals surface area contributed by atoms with Crippen molar-refractivity contribution in [3.63, 3.8) is 0 Å². The van der Waals surface area contributed by atoms with Gasteiger partial charge in [0.15, 0.2) is 0 Å². The van der Waals surface area contributed by atoms with Crippen LogP contribution in [0.1, 0.15) is 34.7 Å². The predicted molar refractivity (Wildman–Crippen MR) is 76.6 cm³/mol. The molecule has 0 fully saturated rings. The fraction of sp³-hybridized carbons (Fsp3) is 0.200. The Hall–Kier alpha value is -2.94. The van der Waals surface area contributed by atoms with Gasteiger partial charge in [-0.15, -0.1) is 0 Å². The summed E-state index contributed by atoms with van der Waals surface area (Å²) >= 11 is 0. The van der Waals surface area contributed by atoms with E-state index in [0.29, 0.717) is 11.4 Å². The molecular formula is C15H14N4O2. The molecule has 106 valence electrons. The number of hydrogen-bond donors (Lipinski definition) is 1. The molecule has 0 aliphatic rings. The Balaban J connectivity index is 2.13. The van der Waals surface area contributed by atoms with Crippen LogP contribution in [0.15, 0.2) is 36.5 Å². The fourth-order valence-electron chi connectivity index (χ4n) is 1.78. The fourth-order valence-corrected chi connectivity index (χ4v) is 1.78. The lowest BCUT2D eigenvalue weighted by Gasteiger charge is -2.15. The van der Waals surface area contributed by atoms with Gasteiger partial charge >= 0.3 is 5.97 Å². The average Bonchev–Trinajstić information content (AvgIpc) is 2.54. The Labute approximate surface area is 122 Å². The van der Waals surface area contributed by atoms with Crippen LogP contribution in [0.25, 0.3) is 0 Å². The zero-order valence-electron chi connectivity index (χ0n) is 11.7. The van der Waals surface area contributed by atoms with Crippen LogP contribution in [0.2, 0.25) is 0 Å². The number of anilines is 1. The number of ether oxygens (including phenoxy) is 1. The number of nitriles is 1. The third kappa shape index (κ3) is 3.54. The lowest BCUT2D eigenvalue weighted by molar-refractivity contribution is 0.0587. The first-order valence-corrected chi connectivity index (χ1v) is 6.32. The molecule has 6 heteroatoms. The molecule has 0 radical (unpaired) electrons. The maximum atomic E-state index is 11.4. The summed E-state index contributed by atoms with van der Waals surface area (Å²) in [6, 6.07) is 11.0. The summed E-state index contributed by atoms with van der Waals surface area (Å²) in [4.78, 5) is 19.3. The van der Waals surface area contributed by atoms with E-state index in [0.717, 1.165) is 5.56 Å². The Morgan fingerprint density at radius 1 is 1.33 bits per heavy atom. The van der Waals surface area contributed by atoms with Crippen molar-refractivity contribution in [2.24, 2.45) is 0 Å². The number of esters is 1. The number of methoxy groups -OCH3 is 1. The molecule has 0 saturated heterocycles. The van der Waals surface area contributed by atoms with Gasteiger partial charge in [0.2, 0.25) is 5.82 Å². The number of carbonyl (C=O) groups is 1. The number of nitrogens with zero attached hydrogens (tertiary/aromatic N) is 3. The second-order valence-electron chi connectivity index (χ2n) is 4.36. The monoisotopic (exact) mass is 282 g/mol. The summed E-state index contributed by atoms with van der Waals surface area (Å²) in [5.74, 6) is -0.0403. The number of carbonyl (C=O) groups excluding carboxylic acids is 1. The van der Waals surface area contributed by atoms with Gasteiger partial charge < -0.3 is 10.1 Å². The van der Waals surface area contributed by atoms with E-state index in [2.05, 4.69) is 26.1 Å². The third-order valence-corrected chi connectivity index (χ3v) is 2.93. The summed E-state index contributed by atoms with van der Waals surface area (Å²) in [7, 11) is 1.28. The molecule has 0 aliphatic heterocycles. The largest absolute Gasteiger partial charge is 0.463 e. The first-order valence-electron chi connectivity index (χ1n) is 6.32. The highest BCUT2D eigenvalue weighted by molar-refractivity contribution is 5.85. The van der Waals surface area contributed by atoms with Crippen LogP contribution in [0.4, 0.5) is 5.82 Å².